The average Bonchev–Trinajstić information content (AvgIpc) is 2.49. The summed E-state index contributed by atoms with van der Waals surface area (Å²) in [4.78, 5) is 11.6. The molecule has 0 radical (unpaired) electrons. The number of fused-ring (bicyclic) bond motifs is 1. The molecule has 0 bridgehead atoms. The summed E-state index contributed by atoms with van der Waals surface area (Å²) in [5.41, 5.74) is -0.143. The highest BCUT2D eigenvalue weighted by Crippen LogP contribution is 2.23. The Bertz CT molecular complexity index is 839. The number of nitrogens with zero attached hydrogens (tertiary/aromatic N) is 1. The van der Waals surface area contributed by atoms with Crippen molar-refractivity contribution in [1.29, 1.82) is 0 Å². The van der Waals surface area contributed by atoms with Gasteiger partial charge in [0.1, 0.15) is 10.1 Å². The molecule has 2 aromatic rings. The molecule has 0 unspecified atom stereocenters. The second kappa shape index (κ2) is 5.53. The Hall–Kier alpha value is -1.22. The quantitative estimate of drug-likeness (QED) is 0.746. The number of benzene rings is 1. The van der Waals surface area contributed by atoms with Crippen LogP contribution < -0.4 is 5.63 Å². The van der Waals surface area contributed by atoms with E-state index in [2.05, 4.69) is 15.9 Å². The molecule has 1 aliphatic heterocycles. The van der Waals surface area contributed by atoms with Crippen molar-refractivity contribution in [3.8, 4) is 0 Å². The number of hydrogen-bond acceptors (Lipinski definition) is 5. The van der Waals surface area contributed by atoms with E-state index in [-0.39, 0.29) is 9.37 Å². The van der Waals surface area contributed by atoms with Crippen LogP contribution in [0.5, 0.6) is 0 Å². The van der Waals surface area contributed by atoms with Gasteiger partial charge in [-0.15, -0.1) is 0 Å². The molecule has 6 nitrogen and oxygen atoms in total. The van der Waals surface area contributed by atoms with Crippen molar-refractivity contribution in [3.63, 3.8) is 0 Å². The molecule has 1 fully saturated rings. The van der Waals surface area contributed by atoms with Crippen molar-refractivity contribution in [1.82, 2.24) is 4.31 Å². The van der Waals surface area contributed by atoms with Crippen LogP contribution in [0.3, 0.4) is 0 Å². The lowest BCUT2D eigenvalue weighted by atomic mass is 10.2. The van der Waals surface area contributed by atoms with Gasteiger partial charge in [-0.2, -0.15) is 4.31 Å². The Morgan fingerprint density at radius 1 is 1.14 bits per heavy atom. The zero-order chi connectivity index (χ0) is 15.0. The molecule has 1 aliphatic rings. The Labute approximate surface area is 129 Å². The first-order chi connectivity index (χ1) is 9.98. The van der Waals surface area contributed by atoms with E-state index in [1.165, 1.54) is 22.5 Å². The first-order valence-corrected chi connectivity index (χ1v) is 8.53. The molecule has 1 aromatic carbocycles. The van der Waals surface area contributed by atoms with E-state index in [0.717, 1.165) is 0 Å². The molecule has 0 spiro atoms. The van der Waals surface area contributed by atoms with Crippen LogP contribution in [-0.2, 0) is 14.8 Å². The summed E-state index contributed by atoms with van der Waals surface area (Å²) in [5, 5.41) is 0.552. The molecule has 2 heterocycles. The van der Waals surface area contributed by atoms with E-state index in [9.17, 15) is 13.2 Å². The molecule has 112 valence electrons. The molecule has 0 atom stereocenters. The molecule has 3 rings (SSSR count). The van der Waals surface area contributed by atoms with Crippen LogP contribution in [0.2, 0.25) is 0 Å². The molecule has 1 saturated heterocycles. The van der Waals surface area contributed by atoms with Gasteiger partial charge in [0, 0.05) is 18.5 Å². The van der Waals surface area contributed by atoms with E-state index in [1.807, 2.05) is 0 Å². The van der Waals surface area contributed by atoms with Crippen molar-refractivity contribution in [2.75, 3.05) is 26.3 Å². The predicted molar refractivity (Wildman–Crippen MR) is 79.8 cm³/mol. The maximum Gasteiger partial charge on any atom is 0.350 e. The lowest BCUT2D eigenvalue weighted by Crippen LogP contribution is -2.40. The van der Waals surface area contributed by atoms with E-state index in [0.29, 0.717) is 37.3 Å². The molecule has 0 N–H and O–H groups in total. The third-order valence-electron chi connectivity index (χ3n) is 3.27. The first kappa shape index (κ1) is 14.7. The number of sulfonamides is 1. The molecular weight excluding hydrogens is 362 g/mol. The molecule has 21 heavy (non-hydrogen) atoms. The van der Waals surface area contributed by atoms with Crippen LogP contribution in [0.4, 0.5) is 0 Å². The van der Waals surface area contributed by atoms with E-state index >= 15 is 0 Å². The topological polar surface area (TPSA) is 76.8 Å². The van der Waals surface area contributed by atoms with Crippen molar-refractivity contribution < 1.29 is 17.6 Å². The second-order valence-corrected chi connectivity index (χ2v) is 7.39. The summed E-state index contributed by atoms with van der Waals surface area (Å²) in [6, 6.07) is 6.01. The molecule has 1 aromatic heterocycles. The van der Waals surface area contributed by atoms with Gasteiger partial charge in [0.2, 0.25) is 10.0 Å². The monoisotopic (exact) mass is 373 g/mol. The number of rotatable bonds is 2. The van der Waals surface area contributed by atoms with Crippen LogP contribution in [0.15, 0.2) is 42.8 Å². The van der Waals surface area contributed by atoms with E-state index < -0.39 is 15.6 Å². The fourth-order valence-corrected chi connectivity index (χ4v) is 3.94. The Morgan fingerprint density at radius 3 is 2.57 bits per heavy atom. The fourth-order valence-electron chi connectivity index (χ4n) is 2.17. The van der Waals surface area contributed by atoms with Crippen molar-refractivity contribution in [3.05, 3.63) is 39.2 Å². The highest BCUT2D eigenvalue weighted by atomic mass is 79.9. The van der Waals surface area contributed by atoms with Crippen LogP contribution >= 0.6 is 15.9 Å². The Balaban J connectivity index is 2.07. The van der Waals surface area contributed by atoms with Gasteiger partial charge in [-0.25, -0.2) is 13.2 Å². The van der Waals surface area contributed by atoms with Crippen LogP contribution in [0.1, 0.15) is 0 Å². The minimum absolute atomic E-state index is 0.178. The summed E-state index contributed by atoms with van der Waals surface area (Å²) < 4.78 is 37.0. The molecule has 0 saturated carbocycles. The lowest BCUT2D eigenvalue weighted by Gasteiger charge is -2.26. The highest BCUT2D eigenvalue weighted by molar-refractivity contribution is 9.10. The van der Waals surface area contributed by atoms with Crippen LogP contribution in [-0.4, -0.2) is 39.0 Å². The largest absolute Gasteiger partial charge is 0.422 e. The van der Waals surface area contributed by atoms with Gasteiger partial charge in [0.15, 0.2) is 0 Å². The van der Waals surface area contributed by atoms with Crippen LogP contribution in [0, 0.1) is 0 Å². The van der Waals surface area contributed by atoms with Gasteiger partial charge >= 0.3 is 5.63 Å². The van der Waals surface area contributed by atoms with Gasteiger partial charge in [-0.05, 0) is 40.2 Å². The SMILES string of the molecule is O=c1oc2ccc(S(=O)(=O)N3CCOCC3)cc2cc1Br. The first-order valence-electron chi connectivity index (χ1n) is 6.30. The summed E-state index contributed by atoms with van der Waals surface area (Å²) in [6.07, 6.45) is 0. The number of hydrogen-bond donors (Lipinski definition) is 0. The third kappa shape index (κ3) is 2.76. The van der Waals surface area contributed by atoms with Gasteiger partial charge in [0.05, 0.1) is 18.1 Å². The molecule has 0 amide bonds. The van der Waals surface area contributed by atoms with Gasteiger partial charge in [-0.1, -0.05) is 0 Å². The summed E-state index contributed by atoms with van der Waals surface area (Å²) in [6.45, 7) is 1.47. The zero-order valence-electron chi connectivity index (χ0n) is 10.9. The minimum Gasteiger partial charge on any atom is -0.422 e. The summed E-state index contributed by atoms with van der Waals surface area (Å²) in [5.74, 6) is 0. The van der Waals surface area contributed by atoms with E-state index in [4.69, 9.17) is 9.15 Å². The average molecular weight is 374 g/mol. The highest BCUT2D eigenvalue weighted by Gasteiger charge is 2.26. The standard InChI is InChI=1S/C13H12BrNO5S/c14-11-8-9-7-10(1-2-12(9)20-13(11)16)21(17,18)15-3-5-19-6-4-15/h1-2,7-8H,3-6H2. The number of ether oxygens (including phenoxy) is 1. The molecule has 0 aliphatic carbocycles. The second-order valence-electron chi connectivity index (χ2n) is 4.60. The Morgan fingerprint density at radius 2 is 1.86 bits per heavy atom. The fraction of sp³-hybridized carbons (Fsp3) is 0.308. The normalized spacial score (nSPS) is 17.2. The summed E-state index contributed by atoms with van der Waals surface area (Å²) in [7, 11) is -3.56. The maximum absolute atomic E-state index is 12.5. The number of morpholine rings is 1. The predicted octanol–water partition coefficient (Wildman–Crippen LogP) is 1.58. The minimum atomic E-state index is -3.56. The third-order valence-corrected chi connectivity index (χ3v) is 5.72. The summed E-state index contributed by atoms with van der Waals surface area (Å²) >= 11 is 3.09. The maximum atomic E-state index is 12.5. The van der Waals surface area contributed by atoms with Gasteiger partial charge < -0.3 is 9.15 Å². The van der Waals surface area contributed by atoms with Crippen molar-refractivity contribution in [2.24, 2.45) is 0 Å². The van der Waals surface area contributed by atoms with Gasteiger partial charge in [0.25, 0.3) is 0 Å². The lowest BCUT2D eigenvalue weighted by molar-refractivity contribution is 0.0730. The zero-order valence-corrected chi connectivity index (χ0v) is 13.3. The smallest absolute Gasteiger partial charge is 0.350 e. The Kier molecular flexibility index (Phi) is 3.87. The molecule has 8 heteroatoms. The van der Waals surface area contributed by atoms with E-state index in [1.54, 1.807) is 6.07 Å². The molecular formula is C13H12BrNO5S. The van der Waals surface area contributed by atoms with Crippen molar-refractivity contribution >= 4 is 36.9 Å². The van der Waals surface area contributed by atoms with Crippen LogP contribution in [0.25, 0.3) is 11.0 Å². The van der Waals surface area contributed by atoms with Gasteiger partial charge in [-0.3, -0.25) is 0 Å². The van der Waals surface area contributed by atoms with Crippen molar-refractivity contribution in [2.45, 2.75) is 4.90 Å². The number of halogens is 1.